The van der Waals surface area contributed by atoms with Crippen LogP contribution < -0.4 is 10.1 Å². The minimum absolute atomic E-state index is 0.0796. The van der Waals surface area contributed by atoms with E-state index in [0.717, 1.165) is 0 Å². The van der Waals surface area contributed by atoms with Crippen molar-refractivity contribution in [3.8, 4) is 11.8 Å². The van der Waals surface area contributed by atoms with Gasteiger partial charge in [-0.2, -0.15) is 5.26 Å². The highest BCUT2D eigenvalue weighted by Gasteiger charge is 2.30. The molecule has 6 nitrogen and oxygen atoms in total. The molecule has 0 unspecified atom stereocenters. The Morgan fingerprint density at radius 2 is 2.04 bits per heavy atom. The molecule has 0 bridgehead atoms. The van der Waals surface area contributed by atoms with E-state index in [0.29, 0.717) is 22.2 Å². The van der Waals surface area contributed by atoms with Crippen LogP contribution in [0.3, 0.4) is 0 Å². The molecule has 0 aliphatic carbocycles. The van der Waals surface area contributed by atoms with Crippen molar-refractivity contribution in [1.82, 2.24) is 5.32 Å². The molecule has 1 aromatic rings. The summed E-state index contributed by atoms with van der Waals surface area (Å²) < 4.78 is 10.4. The van der Waals surface area contributed by atoms with Crippen molar-refractivity contribution >= 4 is 35.1 Å². The average Bonchev–Trinajstić information content (AvgIpc) is 2.58. The zero-order valence-electron chi connectivity index (χ0n) is 15.0. The molecule has 0 saturated carbocycles. The molecule has 0 heterocycles. The molecule has 26 heavy (non-hydrogen) atoms. The Morgan fingerprint density at radius 3 is 2.62 bits per heavy atom. The van der Waals surface area contributed by atoms with Crippen LogP contribution in [-0.2, 0) is 14.3 Å². The van der Waals surface area contributed by atoms with Gasteiger partial charge in [-0.05, 0) is 37.5 Å². The van der Waals surface area contributed by atoms with E-state index >= 15 is 0 Å². The molecule has 0 aliphatic heterocycles. The highest BCUT2D eigenvalue weighted by atomic mass is 35.5. The van der Waals surface area contributed by atoms with Crippen LogP contribution in [0, 0.1) is 17.2 Å². The maximum Gasteiger partial charge on any atom is 0.306 e. The van der Waals surface area contributed by atoms with Crippen molar-refractivity contribution in [3.05, 3.63) is 28.2 Å². The minimum atomic E-state index is -1.00. The maximum absolute atomic E-state index is 11.8. The van der Waals surface area contributed by atoms with Crippen molar-refractivity contribution in [2.24, 2.45) is 5.92 Å². The molecule has 0 aliphatic rings. The summed E-state index contributed by atoms with van der Waals surface area (Å²) in [6.45, 7) is 5.11. The summed E-state index contributed by atoms with van der Waals surface area (Å²) in [7, 11) is 0. The second-order valence-corrected chi connectivity index (χ2v) is 7.05. The number of nitriles is 1. The molecule has 0 saturated heterocycles. The molecule has 8 heteroatoms. The monoisotopic (exact) mass is 400 g/mol. The van der Waals surface area contributed by atoms with Crippen molar-refractivity contribution in [2.45, 2.75) is 39.2 Å². The smallest absolute Gasteiger partial charge is 0.306 e. The van der Waals surface area contributed by atoms with Gasteiger partial charge in [-0.3, -0.25) is 9.59 Å². The third kappa shape index (κ3) is 7.11. The lowest BCUT2D eigenvalue weighted by molar-refractivity contribution is -0.149. The van der Waals surface area contributed by atoms with E-state index < -0.39 is 24.0 Å². The van der Waals surface area contributed by atoms with Crippen LogP contribution in [0.1, 0.15) is 33.6 Å². The van der Waals surface area contributed by atoms with Gasteiger partial charge in [-0.15, -0.1) is 0 Å². The van der Waals surface area contributed by atoms with Gasteiger partial charge in [0.25, 0.3) is 5.91 Å². The van der Waals surface area contributed by atoms with E-state index in [4.69, 9.17) is 37.9 Å². The van der Waals surface area contributed by atoms with Gasteiger partial charge in [0, 0.05) is 11.4 Å². The first-order chi connectivity index (χ1) is 12.2. The number of esters is 1. The highest BCUT2D eigenvalue weighted by molar-refractivity contribution is 6.35. The van der Waals surface area contributed by atoms with E-state index in [1.807, 2.05) is 13.8 Å². The highest BCUT2D eigenvalue weighted by Crippen LogP contribution is 2.27. The quantitative estimate of drug-likeness (QED) is 0.503. The molecular weight excluding hydrogens is 379 g/mol. The molecule has 0 fully saturated rings. The summed E-state index contributed by atoms with van der Waals surface area (Å²) in [4.78, 5) is 23.5. The predicted octanol–water partition coefficient (Wildman–Crippen LogP) is 3.75. The van der Waals surface area contributed by atoms with Crippen molar-refractivity contribution in [2.75, 3.05) is 13.2 Å². The van der Waals surface area contributed by atoms with E-state index in [1.54, 1.807) is 25.1 Å². The summed E-state index contributed by atoms with van der Waals surface area (Å²) in [6, 6.07) is 6.92. The van der Waals surface area contributed by atoms with Crippen LogP contribution in [0.4, 0.5) is 0 Å². The Hall–Kier alpha value is -1.97. The Kier molecular flexibility index (Phi) is 8.70. The van der Waals surface area contributed by atoms with Crippen molar-refractivity contribution in [3.63, 3.8) is 0 Å². The number of rotatable bonds is 9. The van der Waals surface area contributed by atoms with Crippen molar-refractivity contribution in [1.29, 1.82) is 5.26 Å². The summed E-state index contributed by atoms with van der Waals surface area (Å²) >= 11 is 11.8. The molecule has 1 rings (SSSR count). The molecule has 0 spiro atoms. The number of nitrogens with one attached hydrogen (secondary N) is 1. The number of hydrogen-bond acceptors (Lipinski definition) is 5. The fourth-order valence-electron chi connectivity index (χ4n) is 1.84. The first-order valence-corrected chi connectivity index (χ1v) is 8.89. The minimum Gasteiger partial charge on any atom is -0.492 e. The molecule has 1 amide bonds. The van der Waals surface area contributed by atoms with Crippen LogP contribution >= 0.6 is 23.2 Å². The third-order valence-electron chi connectivity index (χ3n) is 3.83. The molecule has 142 valence electrons. The zero-order valence-corrected chi connectivity index (χ0v) is 16.5. The number of ether oxygens (including phenoxy) is 2. The molecular formula is C18H22Cl2N2O4. The second-order valence-electron chi connectivity index (χ2n) is 6.20. The van der Waals surface area contributed by atoms with Gasteiger partial charge in [-0.25, -0.2) is 0 Å². The molecule has 0 aromatic heterocycles. The largest absolute Gasteiger partial charge is 0.492 e. The first-order valence-electron chi connectivity index (χ1n) is 8.13. The van der Waals surface area contributed by atoms with Crippen molar-refractivity contribution < 1.29 is 19.1 Å². The molecule has 0 radical (unpaired) electrons. The number of carbonyl (C=O) groups excluding carboxylic acids is 2. The Balaban J connectivity index is 2.28. The lowest BCUT2D eigenvalue weighted by atomic mass is 9.90. The Bertz CT molecular complexity index is 688. The van der Waals surface area contributed by atoms with Gasteiger partial charge >= 0.3 is 5.97 Å². The van der Waals surface area contributed by atoms with Gasteiger partial charge in [0.1, 0.15) is 11.3 Å². The predicted molar refractivity (Wildman–Crippen MR) is 99.1 cm³/mol. The number of carbonyl (C=O) groups is 2. The lowest BCUT2D eigenvalue weighted by Gasteiger charge is -2.27. The molecule has 1 atom stereocenters. The Labute approximate surface area is 163 Å². The van der Waals surface area contributed by atoms with E-state index in [1.165, 1.54) is 0 Å². The summed E-state index contributed by atoms with van der Waals surface area (Å²) in [5, 5.41) is 12.6. The van der Waals surface area contributed by atoms with E-state index in [-0.39, 0.29) is 18.9 Å². The van der Waals surface area contributed by atoms with E-state index in [2.05, 4.69) is 11.4 Å². The van der Waals surface area contributed by atoms with Gasteiger partial charge < -0.3 is 14.8 Å². The number of nitrogens with zero attached hydrogens (tertiary/aromatic N) is 1. The van der Waals surface area contributed by atoms with Gasteiger partial charge in [-0.1, -0.05) is 37.0 Å². The van der Waals surface area contributed by atoms with Crippen LogP contribution in [0.25, 0.3) is 0 Å². The van der Waals surface area contributed by atoms with Crippen LogP contribution in [0.15, 0.2) is 18.2 Å². The van der Waals surface area contributed by atoms with Crippen LogP contribution in [-0.4, -0.2) is 30.6 Å². The fourth-order valence-corrected chi connectivity index (χ4v) is 2.30. The average molecular weight is 401 g/mol. The normalized spacial score (nSPS) is 12.8. The van der Waals surface area contributed by atoms with Crippen LogP contribution in [0.5, 0.6) is 5.75 Å². The zero-order chi connectivity index (χ0) is 19.7. The molecule has 1 aromatic carbocycles. The van der Waals surface area contributed by atoms with Crippen LogP contribution in [0.2, 0.25) is 10.0 Å². The second kappa shape index (κ2) is 10.2. The molecule has 1 N–H and O–H groups in total. The summed E-state index contributed by atoms with van der Waals surface area (Å²) in [5.41, 5.74) is -1.00. The lowest BCUT2D eigenvalue weighted by Crippen LogP contribution is -2.50. The third-order valence-corrected chi connectivity index (χ3v) is 4.36. The summed E-state index contributed by atoms with van der Waals surface area (Å²) in [6.07, 6.45) is 0.500. The SMILES string of the molecule is CC(C)[C@@](C)(C#N)NC(=O)COC(=O)CCCOc1ccc(Cl)cc1Cl. The Morgan fingerprint density at radius 1 is 1.35 bits per heavy atom. The number of benzene rings is 1. The van der Waals surface area contributed by atoms with Gasteiger partial charge in [0.15, 0.2) is 6.61 Å². The van der Waals surface area contributed by atoms with Gasteiger partial charge in [0.05, 0.1) is 17.7 Å². The number of amides is 1. The number of hydrogen-bond donors (Lipinski definition) is 1. The van der Waals surface area contributed by atoms with Gasteiger partial charge in [0.2, 0.25) is 0 Å². The number of halogens is 2. The fraction of sp³-hybridized carbons (Fsp3) is 0.500. The standard InChI is InChI=1S/C18H22Cl2N2O4/c1-12(2)18(3,11-21)22-16(23)10-26-17(24)5-4-8-25-15-7-6-13(19)9-14(15)20/h6-7,9,12H,4-5,8,10H2,1-3H3,(H,22,23)/t18-/m1/s1. The maximum atomic E-state index is 11.8. The first kappa shape index (κ1) is 22.1. The van der Waals surface area contributed by atoms with E-state index in [9.17, 15) is 9.59 Å². The topological polar surface area (TPSA) is 88.4 Å². The summed E-state index contributed by atoms with van der Waals surface area (Å²) in [5.74, 6) is -0.633.